The number of halogens is 3. The number of benzene rings is 1. The number of ether oxygens (including phenoxy) is 4. The molecule has 0 amide bonds. The normalized spacial score (nSPS) is 13.6. The minimum Gasteiger partial charge on any atom is -0.493 e. The standard InChI is InChI=1S/C28H41F3O6/c1-20(2)18-27(5,21(3)4)26(33)36-16-10-8-7-9-15-35-23-13-11-22(17-24(23)34-6)12-14-25(32)37-19-28(29,30)31/h11-14,17,20-21H,7-10,15-16,18-19H2,1-6H3/b14-12+. The lowest BCUT2D eigenvalue weighted by Crippen LogP contribution is -2.36. The molecule has 1 aromatic rings. The molecular weight excluding hydrogens is 489 g/mol. The highest BCUT2D eigenvalue weighted by Gasteiger charge is 2.38. The average Bonchev–Trinajstić information content (AvgIpc) is 2.82. The van der Waals surface area contributed by atoms with E-state index < -0.39 is 24.2 Å². The van der Waals surface area contributed by atoms with Gasteiger partial charge in [-0.15, -0.1) is 0 Å². The molecule has 1 unspecified atom stereocenters. The van der Waals surface area contributed by atoms with Gasteiger partial charge in [0.25, 0.3) is 0 Å². The molecule has 0 fully saturated rings. The number of unbranched alkanes of at least 4 members (excludes halogenated alkanes) is 3. The zero-order valence-electron chi connectivity index (χ0n) is 22.8. The van der Waals surface area contributed by atoms with Crippen LogP contribution < -0.4 is 9.47 Å². The van der Waals surface area contributed by atoms with E-state index in [1.165, 1.54) is 13.2 Å². The molecule has 0 saturated carbocycles. The van der Waals surface area contributed by atoms with E-state index in [0.29, 0.717) is 36.2 Å². The molecule has 37 heavy (non-hydrogen) atoms. The van der Waals surface area contributed by atoms with E-state index in [1.54, 1.807) is 18.2 Å². The summed E-state index contributed by atoms with van der Waals surface area (Å²) in [6.07, 6.45) is 1.91. The number of methoxy groups -OCH3 is 1. The van der Waals surface area contributed by atoms with Gasteiger partial charge in [-0.2, -0.15) is 13.2 Å². The third-order valence-corrected chi connectivity index (χ3v) is 6.08. The van der Waals surface area contributed by atoms with Crippen LogP contribution in [0.4, 0.5) is 13.2 Å². The molecule has 0 bridgehead atoms. The van der Waals surface area contributed by atoms with Crippen LogP contribution in [0, 0.1) is 17.3 Å². The number of hydrogen-bond acceptors (Lipinski definition) is 6. The van der Waals surface area contributed by atoms with E-state index in [2.05, 4.69) is 32.4 Å². The van der Waals surface area contributed by atoms with Crippen LogP contribution in [0.15, 0.2) is 24.3 Å². The smallest absolute Gasteiger partial charge is 0.422 e. The molecular formula is C28H41F3O6. The molecule has 1 rings (SSSR count). The molecule has 0 N–H and O–H groups in total. The number of esters is 2. The predicted octanol–water partition coefficient (Wildman–Crippen LogP) is 7.00. The molecule has 0 aromatic heterocycles. The van der Waals surface area contributed by atoms with E-state index in [-0.39, 0.29) is 11.9 Å². The summed E-state index contributed by atoms with van der Waals surface area (Å²) in [5.74, 6) is 0.376. The Labute approximate surface area is 218 Å². The fourth-order valence-corrected chi connectivity index (χ4v) is 3.74. The lowest BCUT2D eigenvalue weighted by molar-refractivity contribution is -0.182. The van der Waals surface area contributed by atoms with Crippen molar-refractivity contribution >= 4 is 18.0 Å². The summed E-state index contributed by atoms with van der Waals surface area (Å²) in [5.41, 5.74) is 0.0766. The Bertz CT molecular complexity index is 879. The van der Waals surface area contributed by atoms with E-state index in [0.717, 1.165) is 38.2 Å². The number of carbonyl (C=O) groups is 2. The van der Waals surface area contributed by atoms with Gasteiger partial charge < -0.3 is 18.9 Å². The van der Waals surface area contributed by atoms with Crippen LogP contribution in [-0.4, -0.2) is 45.0 Å². The van der Waals surface area contributed by atoms with Crippen LogP contribution in [-0.2, 0) is 19.1 Å². The topological polar surface area (TPSA) is 71.1 Å². The molecule has 0 heterocycles. The van der Waals surface area contributed by atoms with Gasteiger partial charge in [0.2, 0.25) is 0 Å². The predicted molar refractivity (Wildman–Crippen MR) is 136 cm³/mol. The number of rotatable bonds is 16. The van der Waals surface area contributed by atoms with Crippen LogP contribution >= 0.6 is 0 Å². The van der Waals surface area contributed by atoms with E-state index in [1.807, 2.05) is 6.92 Å². The SMILES string of the molecule is COc1cc(/C=C/C(=O)OCC(F)(F)F)ccc1OCCCCCCOC(=O)C(C)(CC(C)C)C(C)C. The Morgan fingerprint density at radius 1 is 0.946 bits per heavy atom. The van der Waals surface area contributed by atoms with Crippen LogP contribution in [0.5, 0.6) is 11.5 Å². The lowest BCUT2D eigenvalue weighted by Gasteiger charge is -2.32. The lowest BCUT2D eigenvalue weighted by atomic mass is 9.73. The Hall–Kier alpha value is -2.71. The first-order valence-electron chi connectivity index (χ1n) is 12.7. The van der Waals surface area contributed by atoms with E-state index in [9.17, 15) is 22.8 Å². The quantitative estimate of drug-likeness (QED) is 0.130. The second kappa shape index (κ2) is 15.5. The Morgan fingerprint density at radius 2 is 1.59 bits per heavy atom. The fourth-order valence-electron chi connectivity index (χ4n) is 3.74. The van der Waals surface area contributed by atoms with Crippen molar-refractivity contribution in [2.45, 2.75) is 72.9 Å². The molecule has 0 aliphatic heterocycles. The number of carbonyl (C=O) groups excluding carboxylic acids is 2. The molecule has 210 valence electrons. The molecule has 1 aromatic carbocycles. The summed E-state index contributed by atoms with van der Waals surface area (Å²) in [7, 11) is 1.47. The van der Waals surface area contributed by atoms with Crippen molar-refractivity contribution in [2.24, 2.45) is 17.3 Å². The van der Waals surface area contributed by atoms with Crippen molar-refractivity contribution in [3.05, 3.63) is 29.8 Å². The van der Waals surface area contributed by atoms with Gasteiger partial charge in [-0.1, -0.05) is 33.8 Å². The van der Waals surface area contributed by atoms with Crippen molar-refractivity contribution in [3.63, 3.8) is 0 Å². The summed E-state index contributed by atoms with van der Waals surface area (Å²) in [6, 6.07) is 4.94. The van der Waals surface area contributed by atoms with Gasteiger partial charge in [0.15, 0.2) is 18.1 Å². The van der Waals surface area contributed by atoms with Crippen LogP contribution in [0.1, 0.15) is 72.3 Å². The van der Waals surface area contributed by atoms with Crippen LogP contribution in [0.3, 0.4) is 0 Å². The Morgan fingerprint density at radius 3 is 2.16 bits per heavy atom. The fraction of sp³-hybridized carbons (Fsp3) is 0.643. The van der Waals surface area contributed by atoms with E-state index >= 15 is 0 Å². The molecule has 0 spiro atoms. The van der Waals surface area contributed by atoms with Gasteiger partial charge in [-0.25, -0.2) is 4.79 Å². The zero-order chi connectivity index (χ0) is 28.1. The first-order valence-corrected chi connectivity index (χ1v) is 12.7. The summed E-state index contributed by atoms with van der Waals surface area (Å²) in [4.78, 5) is 24.0. The highest BCUT2D eigenvalue weighted by Crippen LogP contribution is 2.35. The van der Waals surface area contributed by atoms with Crippen molar-refractivity contribution in [2.75, 3.05) is 26.9 Å². The Kier molecular flexibility index (Phi) is 13.6. The zero-order valence-corrected chi connectivity index (χ0v) is 22.8. The van der Waals surface area contributed by atoms with Gasteiger partial charge in [-0.05, 0) is 74.6 Å². The van der Waals surface area contributed by atoms with Gasteiger partial charge in [0, 0.05) is 6.08 Å². The van der Waals surface area contributed by atoms with Crippen molar-refractivity contribution < 1.29 is 41.7 Å². The minimum atomic E-state index is -4.57. The number of hydrogen-bond donors (Lipinski definition) is 0. The maximum Gasteiger partial charge on any atom is 0.422 e. The van der Waals surface area contributed by atoms with Crippen molar-refractivity contribution in [1.82, 2.24) is 0 Å². The average molecular weight is 531 g/mol. The van der Waals surface area contributed by atoms with Crippen molar-refractivity contribution in [1.29, 1.82) is 0 Å². The van der Waals surface area contributed by atoms with Gasteiger partial charge in [0.05, 0.1) is 25.7 Å². The molecule has 6 nitrogen and oxygen atoms in total. The highest BCUT2D eigenvalue weighted by molar-refractivity contribution is 5.87. The summed E-state index contributed by atoms with van der Waals surface area (Å²) >= 11 is 0. The van der Waals surface area contributed by atoms with Gasteiger partial charge >= 0.3 is 18.1 Å². The first-order chi connectivity index (χ1) is 17.3. The summed E-state index contributed by atoms with van der Waals surface area (Å²) < 4.78 is 57.1. The van der Waals surface area contributed by atoms with E-state index in [4.69, 9.17) is 14.2 Å². The third-order valence-electron chi connectivity index (χ3n) is 6.08. The molecule has 1 atom stereocenters. The second-order valence-electron chi connectivity index (χ2n) is 10.0. The summed E-state index contributed by atoms with van der Waals surface area (Å²) in [6.45, 7) is 9.57. The minimum absolute atomic E-state index is 0.122. The third kappa shape index (κ3) is 12.4. The molecule has 0 radical (unpaired) electrons. The largest absolute Gasteiger partial charge is 0.493 e. The molecule has 0 aliphatic rings. The molecule has 9 heteroatoms. The maximum atomic E-state index is 12.6. The second-order valence-corrected chi connectivity index (χ2v) is 10.0. The molecule has 0 aliphatic carbocycles. The van der Waals surface area contributed by atoms with Crippen molar-refractivity contribution in [3.8, 4) is 11.5 Å². The monoisotopic (exact) mass is 530 g/mol. The Balaban J connectivity index is 2.38. The number of alkyl halides is 3. The maximum absolute atomic E-state index is 12.6. The van der Waals surface area contributed by atoms with Crippen LogP contribution in [0.25, 0.3) is 6.08 Å². The van der Waals surface area contributed by atoms with Gasteiger partial charge in [0.1, 0.15) is 0 Å². The van der Waals surface area contributed by atoms with Gasteiger partial charge in [-0.3, -0.25) is 4.79 Å². The first kappa shape index (κ1) is 32.3. The molecule has 0 saturated heterocycles. The van der Waals surface area contributed by atoms with Crippen LogP contribution in [0.2, 0.25) is 0 Å². The highest BCUT2D eigenvalue weighted by atomic mass is 19.4. The summed E-state index contributed by atoms with van der Waals surface area (Å²) in [5, 5.41) is 0.